The van der Waals surface area contributed by atoms with Gasteiger partial charge in [-0.25, -0.2) is 17.6 Å². The Kier molecular flexibility index (Phi) is 3.50. The minimum Gasteiger partial charge on any atom is -0.378 e. The zero-order valence-electron chi connectivity index (χ0n) is 9.18. The van der Waals surface area contributed by atoms with Crippen molar-refractivity contribution in [1.29, 1.82) is 0 Å². The van der Waals surface area contributed by atoms with Crippen LogP contribution in [0, 0.1) is 23.3 Å². The Morgan fingerprint density at radius 2 is 1.50 bits per heavy atom. The van der Waals surface area contributed by atoms with Gasteiger partial charge in [-0.1, -0.05) is 18.2 Å². The number of halogens is 4. The lowest BCUT2D eigenvalue weighted by atomic mass is 10.2. The van der Waals surface area contributed by atoms with Crippen LogP contribution >= 0.6 is 0 Å². The number of hydrogen-bond acceptors (Lipinski definition) is 1. The third-order valence-electron chi connectivity index (χ3n) is 2.46. The molecule has 5 heteroatoms. The first-order valence-corrected chi connectivity index (χ1v) is 5.20. The number of rotatable bonds is 3. The van der Waals surface area contributed by atoms with E-state index in [9.17, 15) is 17.6 Å². The van der Waals surface area contributed by atoms with Crippen molar-refractivity contribution in [2.24, 2.45) is 0 Å². The Morgan fingerprint density at radius 1 is 0.778 bits per heavy atom. The molecule has 2 rings (SSSR count). The van der Waals surface area contributed by atoms with E-state index in [1.165, 1.54) is 18.2 Å². The normalized spacial score (nSPS) is 10.4. The number of benzene rings is 2. The number of hydrogen-bond donors (Lipinski definition) is 1. The highest BCUT2D eigenvalue weighted by Crippen LogP contribution is 2.20. The van der Waals surface area contributed by atoms with Crippen molar-refractivity contribution in [2.45, 2.75) is 6.54 Å². The van der Waals surface area contributed by atoms with Crippen molar-refractivity contribution in [2.75, 3.05) is 5.32 Å². The van der Waals surface area contributed by atoms with Gasteiger partial charge in [0.2, 0.25) is 0 Å². The molecule has 0 amide bonds. The highest BCUT2D eigenvalue weighted by molar-refractivity contribution is 5.46. The van der Waals surface area contributed by atoms with Gasteiger partial charge in [0, 0.05) is 12.1 Å². The molecular weight excluding hydrogens is 246 g/mol. The van der Waals surface area contributed by atoms with Crippen LogP contribution in [0.1, 0.15) is 5.56 Å². The van der Waals surface area contributed by atoms with E-state index in [1.54, 1.807) is 6.07 Å². The Morgan fingerprint density at radius 3 is 2.22 bits per heavy atom. The van der Waals surface area contributed by atoms with E-state index in [2.05, 4.69) is 5.32 Å². The van der Waals surface area contributed by atoms with Crippen LogP contribution in [-0.2, 0) is 6.54 Å². The van der Waals surface area contributed by atoms with Gasteiger partial charge in [-0.15, -0.1) is 0 Å². The highest BCUT2D eigenvalue weighted by atomic mass is 19.2. The van der Waals surface area contributed by atoms with E-state index < -0.39 is 23.3 Å². The number of nitrogens with one attached hydrogen (secondary N) is 1. The van der Waals surface area contributed by atoms with Gasteiger partial charge in [0.05, 0.1) is 5.69 Å². The molecule has 0 fully saturated rings. The first-order chi connectivity index (χ1) is 8.59. The van der Waals surface area contributed by atoms with Crippen LogP contribution in [0.15, 0.2) is 36.4 Å². The molecule has 0 saturated carbocycles. The van der Waals surface area contributed by atoms with Gasteiger partial charge >= 0.3 is 0 Å². The molecule has 0 aliphatic carbocycles. The summed E-state index contributed by atoms with van der Waals surface area (Å²) in [5.41, 5.74) is 0.0961. The van der Waals surface area contributed by atoms with Crippen LogP contribution in [0.4, 0.5) is 23.2 Å². The molecule has 0 unspecified atom stereocenters. The zero-order chi connectivity index (χ0) is 13.1. The average Bonchev–Trinajstić information content (AvgIpc) is 2.37. The molecule has 1 nitrogen and oxygen atoms in total. The lowest BCUT2D eigenvalue weighted by Crippen LogP contribution is -2.05. The SMILES string of the molecule is Fc1ccccc1CNc1ccc(F)c(F)c1F. The van der Waals surface area contributed by atoms with E-state index in [-0.39, 0.29) is 12.2 Å². The second-order valence-electron chi connectivity index (χ2n) is 3.67. The monoisotopic (exact) mass is 255 g/mol. The van der Waals surface area contributed by atoms with E-state index in [0.29, 0.717) is 5.56 Å². The molecular formula is C13H9F4N. The molecule has 0 heterocycles. The second kappa shape index (κ2) is 5.08. The minimum absolute atomic E-state index is 0.0192. The molecule has 0 saturated heterocycles. The van der Waals surface area contributed by atoms with Gasteiger partial charge in [-0.3, -0.25) is 0 Å². The van der Waals surface area contributed by atoms with Crippen LogP contribution in [0.25, 0.3) is 0 Å². The third kappa shape index (κ3) is 2.45. The van der Waals surface area contributed by atoms with Crippen molar-refractivity contribution in [3.8, 4) is 0 Å². The van der Waals surface area contributed by atoms with E-state index >= 15 is 0 Å². The summed E-state index contributed by atoms with van der Waals surface area (Å²) in [4.78, 5) is 0. The van der Waals surface area contributed by atoms with Crippen molar-refractivity contribution in [3.05, 3.63) is 65.2 Å². The summed E-state index contributed by atoms with van der Waals surface area (Å²) in [7, 11) is 0. The Hall–Kier alpha value is -2.04. The molecule has 0 aliphatic heterocycles. The molecule has 0 aromatic heterocycles. The van der Waals surface area contributed by atoms with E-state index in [1.807, 2.05) is 0 Å². The molecule has 2 aromatic rings. The van der Waals surface area contributed by atoms with Gasteiger partial charge < -0.3 is 5.32 Å². The zero-order valence-corrected chi connectivity index (χ0v) is 9.18. The lowest BCUT2D eigenvalue weighted by molar-refractivity contribution is 0.449. The quantitative estimate of drug-likeness (QED) is 0.648. The van der Waals surface area contributed by atoms with Crippen LogP contribution in [0.2, 0.25) is 0 Å². The predicted molar refractivity (Wildman–Crippen MR) is 60.0 cm³/mol. The van der Waals surface area contributed by atoms with Gasteiger partial charge in [-0.05, 0) is 18.2 Å². The topological polar surface area (TPSA) is 12.0 Å². The van der Waals surface area contributed by atoms with Gasteiger partial charge in [0.25, 0.3) is 0 Å². The van der Waals surface area contributed by atoms with E-state index in [0.717, 1.165) is 12.1 Å². The first-order valence-electron chi connectivity index (χ1n) is 5.20. The van der Waals surface area contributed by atoms with Crippen molar-refractivity contribution < 1.29 is 17.6 Å². The summed E-state index contributed by atoms with van der Waals surface area (Å²) in [6.07, 6.45) is 0. The molecule has 0 radical (unpaired) electrons. The van der Waals surface area contributed by atoms with Crippen LogP contribution in [0.3, 0.4) is 0 Å². The fraction of sp³-hybridized carbons (Fsp3) is 0.0769. The minimum atomic E-state index is -1.55. The molecule has 0 aliphatic rings. The van der Waals surface area contributed by atoms with Crippen LogP contribution in [-0.4, -0.2) is 0 Å². The fourth-order valence-electron chi connectivity index (χ4n) is 1.49. The predicted octanol–water partition coefficient (Wildman–Crippen LogP) is 3.86. The summed E-state index contributed by atoms with van der Waals surface area (Å²) in [6.45, 7) is -0.0192. The molecule has 2 aromatic carbocycles. The van der Waals surface area contributed by atoms with E-state index in [4.69, 9.17) is 0 Å². The third-order valence-corrected chi connectivity index (χ3v) is 2.46. The maximum absolute atomic E-state index is 13.3. The largest absolute Gasteiger partial charge is 0.378 e. The van der Waals surface area contributed by atoms with Crippen LogP contribution < -0.4 is 5.32 Å². The molecule has 0 bridgehead atoms. The molecule has 0 atom stereocenters. The summed E-state index contributed by atoms with van der Waals surface area (Å²) in [6, 6.07) is 7.80. The summed E-state index contributed by atoms with van der Waals surface area (Å²) in [5, 5.41) is 2.52. The Bertz CT molecular complexity index is 569. The summed E-state index contributed by atoms with van der Waals surface area (Å²) >= 11 is 0. The maximum atomic E-state index is 13.3. The van der Waals surface area contributed by atoms with Gasteiger partial charge in [0.1, 0.15) is 5.82 Å². The summed E-state index contributed by atoms with van der Waals surface area (Å²) < 4.78 is 52.2. The Labute approximate surface area is 101 Å². The maximum Gasteiger partial charge on any atom is 0.196 e. The smallest absolute Gasteiger partial charge is 0.196 e. The standard InChI is InChI=1S/C13H9F4N/c14-9-4-2-1-3-8(9)7-18-11-6-5-10(15)12(16)13(11)17/h1-6,18H,7H2. The van der Waals surface area contributed by atoms with Crippen molar-refractivity contribution in [1.82, 2.24) is 0 Å². The summed E-state index contributed by atoms with van der Waals surface area (Å²) in [5.74, 6) is -4.57. The second-order valence-corrected chi connectivity index (χ2v) is 3.67. The molecule has 94 valence electrons. The highest BCUT2D eigenvalue weighted by Gasteiger charge is 2.13. The molecule has 1 N–H and O–H groups in total. The van der Waals surface area contributed by atoms with Gasteiger partial charge in [0.15, 0.2) is 17.5 Å². The molecule has 0 spiro atoms. The van der Waals surface area contributed by atoms with Crippen molar-refractivity contribution >= 4 is 5.69 Å². The van der Waals surface area contributed by atoms with Crippen molar-refractivity contribution in [3.63, 3.8) is 0 Å². The average molecular weight is 255 g/mol. The molecule has 18 heavy (non-hydrogen) atoms. The van der Waals surface area contributed by atoms with Gasteiger partial charge in [-0.2, -0.15) is 0 Å². The Balaban J connectivity index is 2.17. The number of anilines is 1. The van der Waals surface area contributed by atoms with Crippen LogP contribution in [0.5, 0.6) is 0 Å². The first kappa shape index (κ1) is 12.4. The fourth-order valence-corrected chi connectivity index (χ4v) is 1.49. The lowest BCUT2D eigenvalue weighted by Gasteiger charge is -2.09.